The number of carbonyl (C=O) groups excluding carboxylic acids is 1. The van der Waals surface area contributed by atoms with Crippen molar-refractivity contribution < 1.29 is 47.6 Å². The molecule has 3 heteroatoms. The Morgan fingerprint density at radius 1 is 1.18 bits per heavy atom. The number of hydrogen-bond acceptors (Lipinski definition) is 2. The van der Waals surface area contributed by atoms with Gasteiger partial charge in [0, 0.05) is 49.6 Å². The van der Waals surface area contributed by atoms with Crippen LogP contribution in [0, 0.1) is 55.0 Å². The van der Waals surface area contributed by atoms with E-state index in [4.69, 9.17) is 0 Å². The van der Waals surface area contributed by atoms with E-state index in [9.17, 15) is 9.90 Å². The number of aldehydes is 1. The van der Waals surface area contributed by atoms with Gasteiger partial charge in [0.2, 0.25) is 0 Å². The fourth-order valence-corrected chi connectivity index (χ4v) is 5.47. The summed E-state index contributed by atoms with van der Waals surface area (Å²) >= 11 is 0. The molecule has 4 atom stereocenters. The van der Waals surface area contributed by atoms with Crippen LogP contribution in [0.5, 0.6) is 0 Å². The molecular weight excluding hydrogens is 372 g/mol. The van der Waals surface area contributed by atoms with E-state index < -0.39 is 5.60 Å². The predicted octanol–water partition coefficient (Wildman–Crippen LogP) is 6.55. The second-order valence-electron chi connectivity index (χ2n) is 8.91. The second kappa shape index (κ2) is 10.9. The third-order valence-electron chi connectivity index (χ3n) is 7.02. The number of allylic oxidation sites excluding steroid dienone is 5. The van der Waals surface area contributed by atoms with Crippen LogP contribution in [0.15, 0.2) is 34.4 Å². The zero-order valence-corrected chi connectivity index (χ0v) is 19.5. The largest absolute Gasteiger partial charge is 0.386 e. The van der Waals surface area contributed by atoms with E-state index in [1.165, 1.54) is 31.3 Å². The first-order valence-corrected chi connectivity index (χ1v) is 11.1. The van der Waals surface area contributed by atoms with Crippen LogP contribution >= 0.6 is 0 Å². The molecule has 0 aromatic carbocycles. The van der Waals surface area contributed by atoms with Crippen LogP contribution in [0.25, 0.3) is 0 Å². The number of aliphatic hydroxyl groups is 1. The van der Waals surface area contributed by atoms with E-state index in [0.29, 0.717) is 6.42 Å². The Bertz CT molecular complexity index is 641. The van der Waals surface area contributed by atoms with E-state index in [1.54, 1.807) is 16.7 Å². The maximum atomic E-state index is 10.4. The van der Waals surface area contributed by atoms with Gasteiger partial charge >= 0.3 is 0 Å². The Hall–Kier alpha value is 0.110. The van der Waals surface area contributed by atoms with Crippen molar-refractivity contribution in [1.82, 2.24) is 0 Å². The third-order valence-corrected chi connectivity index (χ3v) is 7.02. The average molecular weight is 413 g/mol. The molecule has 0 bridgehead atoms. The number of carbonyl (C=O) groups is 1. The molecule has 0 aliphatic heterocycles. The van der Waals surface area contributed by atoms with Crippen molar-refractivity contribution in [3.63, 3.8) is 0 Å². The van der Waals surface area contributed by atoms with Gasteiger partial charge in [0.05, 0.1) is 5.60 Å². The summed E-state index contributed by atoms with van der Waals surface area (Å²) in [5, 5.41) is 10.4. The standard InChI is InChI=1S/C20H28O.C3H6O.C2H6.Ar/c1-13-4-6-16-15(13)8-9-18-17(16)7-5-14-12-19(2,21)10-11-20(14,18)3;1-2-3-4;1-2;/h6,12-13,15,21H,4-5,7-11H2,1-3H3;3H,2H2,1H3;1-2H3;. The van der Waals surface area contributed by atoms with E-state index in [1.807, 2.05) is 27.7 Å². The van der Waals surface area contributed by atoms with Gasteiger partial charge in [-0.2, -0.15) is 0 Å². The quantitative estimate of drug-likeness (QED) is 0.391. The van der Waals surface area contributed by atoms with Gasteiger partial charge in [-0.15, -0.1) is 0 Å². The fourth-order valence-electron chi connectivity index (χ4n) is 5.47. The van der Waals surface area contributed by atoms with Gasteiger partial charge in [0.1, 0.15) is 6.29 Å². The van der Waals surface area contributed by atoms with Gasteiger partial charge in [-0.1, -0.05) is 57.9 Å². The Morgan fingerprint density at radius 2 is 1.82 bits per heavy atom. The predicted molar refractivity (Wildman–Crippen MR) is 115 cm³/mol. The minimum absolute atomic E-state index is 0. The fraction of sp³-hybridized carbons (Fsp3) is 0.720. The van der Waals surface area contributed by atoms with E-state index >= 15 is 0 Å². The number of fused-ring (bicyclic) bond motifs is 4. The van der Waals surface area contributed by atoms with Gasteiger partial charge in [0.15, 0.2) is 0 Å². The molecule has 0 amide bonds. The molecule has 0 saturated carbocycles. The Balaban J connectivity index is 0.000000503. The smallest absolute Gasteiger partial charge is 0.119 e. The van der Waals surface area contributed by atoms with Crippen molar-refractivity contribution in [2.24, 2.45) is 17.3 Å². The maximum absolute atomic E-state index is 10.4. The molecule has 28 heavy (non-hydrogen) atoms. The van der Waals surface area contributed by atoms with Crippen molar-refractivity contribution >= 4 is 6.29 Å². The molecule has 4 unspecified atom stereocenters. The van der Waals surface area contributed by atoms with Crippen LogP contribution in [-0.4, -0.2) is 17.0 Å². The molecule has 0 saturated heterocycles. The minimum atomic E-state index is -0.578. The summed E-state index contributed by atoms with van der Waals surface area (Å²) in [5.41, 5.74) is 6.34. The minimum Gasteiger partial charge on any atom is -0.386 e. The van der Waals surface area contributed by atoms with Gasteiger partial charge in [-0.3, -0.25) is 0 Å². The molecule has 0 aromatic rings. The second-order valence-corrected chi connectivity index (χ2v) is 8.91. The summed E-state index contributed by atoms with van der Waals surface area (Å²) in [6.07, 6.45) is 14.6. The maximum Gasteiger partial charge on any atom is 0.119 e. The molecule has 4 aliphatic rings. The third kappa shape index (κ3) is 5.23. The first-order valence-electron chi connectivity index (χ1n) is 11.1. The molecule has 0 radical (unpaired) electrons. The molecule has 1 N–H and O–H groups in total. The van der Waals surface area contributed by atoms with Crippen molar-refractivity contribution in [3.05, 3.63) is 34.4 Å². The summed E-state index contributed by atoms with van der Waals surface area (Å²) < 4.78 is 0. The topological polar surface area (TPSA) is 37.3 Å². The normalized spacial score (nSPS) is 35.2. The van der Waals surface area contributed by atoms with Crippen molar-refractivity contribution in [2.75, 3.05) is 0 Å². The molecule has 0 fully saturated rings. The molecule has 0 aromatic heterocycles. The van der Waals surface area contributed by atoms with Crippen molar-refractivity contribution in [1.29, 1.82) is 0 Å². The Labute approximate surface area is 202 Å². The van der Waals surface area contributed by atoms with Crippen molar-refractivity contribution in [3.8, 4) is 0 Å². The van der Waals surface area contributed by atoms with Crippen LogP contribution in [-0.2, 0) is 4.79 Å². The summed E-state index contributed by atoms with van der Waals surface area (Å²) in [6.45, 7) is 12.7. The van der Waals surface area contributed by atoms with Gasteiger partial charge < -0.3 is 9.90 Å². The Kier molecular flexibility index (Phi) is 10.2. The first kappa shape index (κ1) is 26.1. The molecule has 0 heterocycles. The summed E-state index contributed by atoms with van der Waals surface area (Å²) in [6, 6.07) is 0. The first-order chi connectivity index (χ1) is 12.8. The summed E-state index contributed by atoms with van der Waals surface area (Å²) in [4.78, 5) is 9.17. The van der Waals surface area contributed by atoms with Crippen LogP contribution in [0.4, 0.5) is 0 Å². The number of hydrogen-bond donors (Lipinski definition) is 1. The molecule has 2 nitrogen and oxygen atoms in total. The average Bonchev–Trinajstić information content (AvgIpc) is 3.05. The molecular formula is C25H40ArO2. The van der Waals surface area contributed by atoms with Crippen LogP contribution in [0.2, 0.25) is 0 Å². The van der Waals surface area contributed by atoms with E-state index in [2.05, 4.69) is 26.0 Å². The van der Waals surface area contributed by atoms with Crippen LogP contribution in [0.1, 0.15) is 92.9 Å². The van der Waals surface area contributed by atoms with Crippen molar-refractivity contribution in [2.45, 2.75) is 98.5 Å². The molecule has 4 aliphatic carbocycles. The van der Waals surface area contributed by atoms with Crippen LogP contribution < -0.4 is 0 Å². The summed E-state index contributed by atoms with van der Waals surface area (Å²) in [7, 11) is 0. The number of rotatable bonds is 1. The monoisotopic (exact) mass is 412 g/mol. The van der Waals surface area contributed by atoms with E-state index in [0.717, 1.165) is 37.4 Å². The van der Waals surface area contributed by atoms with Gasteiger partial charge in [-0.05, 0) is 74.9 Å². The summed E-state index contributed by atoms with van der Waals surface area (Å²) in [5.74, 6) is 1.69. The van der Waals surface area contributed by atoms with Gasteiger partial charge in [0.25, 0.3) is 0 Å². The zero-order chi connectivity index (χ0) is 20.2. The molecule has 4 rings (SSSR count). The molecule has 160 valence electrons. The SMILES string of the molecule is CC.CC1CC=C2C3=C(CCC21)C1(C)CCC(C)(O)C=C1CC3.CCC=O.[Ar]. The van der Waals surface area contributed by atoms with Crippen LogP contribution in [0.3, 0.4) is 0 Å². The van der Waals surface area contributed by atoms with Gasteiger partial charge in [-0.25, -0.2) is 0 Å². The van der Waals surface area contributed by atoms with E-state index in [-0.39, 0.29) is 43.2 Å². The Morgan fingerprint density at radius 3 is 2.43 bits per heavy atom. The zero-order valence-electron chi connectivity index (χ0n) is 18.8. The molecule has 0 spiro atoms.